The molecule has 1 fully saturated rings. The summed E-state index contributed by atoms with van der Waals surface area (Å²) in [7, 11) is 1.74. The number of carbonyl (C=O) groups excluding carboxylic acids is 1. The fraction of sp³-hybridized carbons (Fsp3) is 0.786. The Morgan fingerprint density at radius 3 is 2.95 bits per heavy atom. The summed E-state index contributed by atoms with van der Waals surface area (Å²) in [4.78, 5) is 16.4. The molecule has 1 atom stereocenters. The van der Waals surface area contributed by atoms with Gasteiger partial charge in [0.25, 0.3) is 0 Å². The van der Waals surface area contributed by atoms with Crippen molar-refractivity contribution in [3.63, 3.8) is 0 Å². The van der Waals surface area contributed by atoms with Crippen LogP contribution in [-0.2, 0) is 9.53 Å². The smallest absolute Gasteiger partial charge is 0.234 e. The molecule has 1 heterocycles. The molecule has 0 spiro atoms. The maximum atomic E-state index is 11.7. The topological polar surface area (TPSA) is 44.8 Å². The fourth-order valence-electron chi connectivity index (χ4n) is 2.44. The van der Waals surface area contributed by atoms with Gasteiger partial charge >= 0.3 is 0 Å². The average molecular weight is 269 g/mol. The van der Waals surface area contributed by atoms with Crippen molar-refractivity contribution in [2.75, 3.05) is 53.0 Å². The van der Waals surface area contributed by atoms with E-state index in [0.717, 1.165) is 39.2 Å². The van der Waals surface area contributed by atoms with Crippen LogP contribution in [0.2, 0.25) is 0 Å². The number of ether oxygens (including phenoxy) is 1. The quantitative estimate of drug-likeness (QED) is 0.645. The molecule has 1 amide bonds. The minimum absolute atomic E-state index is 0.0834. The molecule has 1 unspecified atom stereocenters. The predicted octanol–water partition coefficient (Wildman–Crippen LogP) is 0.331. The molecule has 0 bridgehead atoms. The Morgan fingerprint density at radius 1 is 1.53 bits per heavy atom. The van der Waals surface area contributed by atoms with E-state index >= 15 is 0 Å². The lowest BCUT2D eigenvalue weighted by molar-refractivity contribution is -0.122. The Hall–Kier alpha value is -0.910. The molecule has 19 heavy (non-hydrogen) atoms. The van der Waals surface area contributed by atoms with Crippen LogP contribution >= 0.6 is 0 Å². The molecule has 0 saturated carbocycles. The van der Waals surface area contributed by atoms with Crippen LogP contribution in [0.25, 0.3) is 0 Å². The highest BCUT2D eigenvalue weighted by Crippen LogP contribution is 2.12. The summed E-state index contributed by atoms with van der Waals surface area (Å²) in [5.41, 5.74) is 0. The maximum absolute atomic E-state index is 11.7. The van der Waals surface area contributed by atoms with Gasteiger partial charge in [0, 0.05) is 45.9 Å². The number of methoxy groups -OCH3 is 1. The second kappa shape index (κ2) is 9.07. The van der Waals surface area contributed by atoms with Crippen LogP contribution < -0.4 is 5.32 Å². The molecule has 0 aromatic heterocycles. The first-order valence-electron chi connectivity index (χ1n) is 7.04. The number of nitrogens with one attached hydrogen (secondary N) is 1. The van der Waals surface area contributed by atoms with Crippen molar-refractivity contribution in [2.24, 2.45) is 0 Å². The van der Waals surface area contributed by atoms with Gasteiger partial charge in [-0.25, -0.2) is 0 Å². The van der Waals surface area contributed by atoms with Crippen LogP contribution in [0.1, 0.15) is 13.3 Å². The minimum Gasteiger partial charge on any atom is -0.383 e. The lowest BCUT2D eigenvalue weighted by Crippen LogP contribution is -2.55. The van der Waals surface area contributed by atoms with Gasteiger partial charge in [0.2, 0.25) is 5.91 Å². The third-order valence-corrected chi connectivity index (χ3v) is 3.55. The zero-order chi connectivity index (χ0) is 14.1. The van der Waals surface area contributed by atoms with E-state index in [2.05, 4.69) is 28.6 Å². The molecule has 1 rings (SSSR count). The minimum atomic E-state index is 0.0834. The molecular weight excluding hydrogens is 242 g/mol. The van der Waals surface area contributed by atoms with Crippen molar-refractivity contribution in [2.45, 2.75) is 19.4 Å². The molecule has 1 aliphatic heterocycles. The lowest BCUT2D eigenvalue weighted by Gasteiger charge is -2.40. The van der Waals surface area contributed by atoms with E-state index in [0.29, 0.717) is 19.1 Å². The van der Waals surface area contributed by atoms with Gasteiger partial charge in [-0.3, -0.25) is 14.6 Å². The number of nitrogens with zero attached hydrogens (tertiary/aromatic N) is 2. The summed E-state index contributed by atoms with van der Waals surface area (Å²) in [5, 5.41) is 2.83. The van der Waals surface area contributed by atoms with Gasteiger partial charge in [-0.05, 0) is 6.42 Å². The molecule has 5 heteroatoms. The van der Waals surface area contributed by atoms with E-state index in [-0.39, 0.29) is 5.91 Å². The number of amides is 1. The summed E-state index contributed by atoms with van der Waals surface area (Å²) < 4.78 is 5.14. The van der Waals surface area contributed by atoms with E-state index < -0.39 is 0 Å². The predicted molar refractivity (Wildman–Crippen MR) is 77.2 cm³/mol. The Bertz CT molecular complexity index is 284. The highest BCUT2D eigenvalue weighted by atomic mass is 16.5. The van der Waals surface area contributed by atoms with E-state index in [4.69, 9.17) is 4.74 Å². The first-order chi connectivity index (χ1) is 9.21. The number of rotatable bonds is 8. The first-order valence-corrected chi connectivity index (χ1v) is 7.04. The van der Waals surface area contributed by atoms with Crippen LogP contribution in [0, 0.1) is 0 Å². The Labute approximate surface area is 116 Å². The van der Waals surface area contributed by atoms with Crippen LogP contribution in [0.5, 0.6) is 0 Å². The second-order valence-corrected chi connectivity index (χ2v) is 4.92. The third-order valence-electron chi connectivity index (χ3n) is 3.55. The summed E-state index contributed by atoms with van der Waals surface area (Å²) in [6, 6.07) is 0.524. The average Bonchev–Trinajstić information content (AvgIpc) is 2.43. The van der Waals surface area contributed by atoms with Crippen LogP contribution in [0.15, 0.2) is 12.7 Å². The monoisotopic (exact) mass is 269 g/mol. The SMILES string of the molecule is C=CCNC(=O)CN1CCN(CCOC)C(CC)C1. The van der Waals surface area contributed by atoms with Gasteiger partial charge in [-0.15, -0.1) is 6.58 Å². The Balaban J connectivity index is 2.36. The molecule has 5 nitrogen and oxygen atoms in total. The van der Waals surface area contributed by atoms with Crippen LogP contribution in [-0.4, -0.2) is 74.7 Å². The number of hydrogen-bond donors (Lipinski definition) is 1. The molecule has 0 aliphatic carbocycles. The van der Waals surface area contributed by atoms with Crippen LogP contribution in [0.3, 0.4) is 0 Å². The van der Waals surface area contributed by atoms with Gasteiger partial charge < -0.3 is 10.1 Å². The van der Waals surface area contributed by atoms with Gasteiger partial charge in [-0.2, -0.15) is 0 Å². The zero-order valence-electron chi connectivity index (χ0n) is 12.2. The summed E-state index contributed by atoms with van der Waals surface area (Å²) >= 11 is 0. The standard InChI is InChI=1S/C14H27N3O2/c1-4-6-15-14(18)12-16-7-8-17(9-10-19-3)13(5-2)11-16/h4,13H,1,5-12H2,2-3H3,(H,15,18). The van der Waals surface area contributed by atoms with Crippen molar-refractivity contribution in [1.29, 1.82) is 0 Å². The Kier molecular flexibility index (Phi) is 7.70. The van der Waals surface area contributed by atoms with Crippen molar-refractivity contribution in [3.8, 4) is 0 Å². The van der Waals surface area contributed by atoms with Crippen molar-refractivity contribution in [1.82, 2.24) is 15.1 Å². The van der Waals surface area contributed by atoms with E-state index in [9.17, 15) is 4.79 Å². The summed E-state index contributed by atoms with van der Waals surface area (Å²) in [6.45, 7) is 11.5. The van der Waals surface area contributed by atoms with Crippen molar-refractivity contribution in [3.05, 3.63) is 12.7 Å². The second-order valence-electron chi connectivity index (χ2n) is 4.92. The molecule has 110 valence electrons. The Morgan fingerprint density at radius 2 is 2.32 bits per heavy atom. The van der Waals surface area contributed by atoms with E-state index in [1.54, 1.807) is 13.2 Å². The van der Waals surface area contributed by atoms with Gasteiger partial charge in [-0.1, -0.05) is 13.0 Å². The molecule has 0 aromatic rings. The maximum Gasteiger partial charge on any atom is 0.234 e. The number of piperazine rings is 1. The fourth-order valence-corrected chi connectivity index (χ4v) is 2.44. The molecule has 1 aliphatic rings. The molecule has 0 aromatic carbocycles. The highest BCUT2D eigenvalue weighted by Gasteiger charge is 2.26. The third kappa shape index (κ3) is 5.72. The van der Waals surface area contributed by atoms with Gasteiger partial charge in [0.05, 0.1) is 13.2 Å². The largest absolute Gasteiger partial charge is 0.383 e. The summed E-state index contributed by atoms with van der Waals surface area (Å²) in [6.07, 6.45) is 2.81. The number of hydrogen-bond acceptors (Lipinski definition) is 4. The van der Waals surface area contributed by atoms with E-state index in [1.165, 1.54) is 0 Å². The first kappa shape index (κ1) is 16.1. The molecule has 1 N–H and O–H groups in total. The zero-order valence-corrected chi connectivity index (χ0v) is 12.2. The van der Waals surface area contributed by atoms with Crippen LogP contribution in [0.4, 0.5) is 0 Å². The highest BCUT2D eigenvalue weighted by molar-refractivity contribution is 5.78. The van der Waals surface area contributed by atoms with Gasteiger partial charge in [0.1, 0.15) is 0 Å². The molecule has 0 radical (unpaired) electrons. The normalized spacial score (nSPS) is 21.3. The molecular formula is C14H27N3O2. The van der Waals surface area contributed by atoms with Crippen molar-refractivity contribution >= 4 is 5.91 Å². The summed E-state index contributed by atoms with van der Waals surface area (Å²) in [5.74, 6) is 0.0834. The van der Waals surface area contributed by atoms with E-state index in [1.807, 2.05) is 0 Å². The molecule has 1 saturated heterocycles. The lowest BCUT2D eigenvalue weighted by atomic mass is 10.1. The number of carbonyl (C=O) groups is 1. The van der Waals surface area contributed by atoms with Gasteiger partial charge in [0.15, 0.2) is 0 Å². The van der Waals surface area contributed by atoms with Crippen molar-refractivity contribution < 1.29 is 9.53 Å².